The lowest BCUT2D eigenvalue weighted by Gasteiger charge is -2.22. The average Bonchev–Trinajstić information content (AvgIpc) is 3.18. The molecule has 3 atom stereocenters. The molecule has 3 saturated carbocycles. The summed E-state index contributed by atoms with van der Waals surface area (Å²) in [6.45, 7) is 0. The van der Waals surface area contributed by atoms with E-state index in [1.807, 2.05) is 0 Å². The van der Waals surface area contributed by atoms with Gasteiger partial charge in [-0.2, -0.15) is 0 Å². The second kappa shape index (κ2) is 4.97. The molecular weight excluding hydrogens is 316 g/mol. The Bertz CT molecular complexity index is 576. The molecule has 3 fully saturated rings. The predicted molar refractivity (Wildman–Crippen MR) is 82.0 cm³/mol. The molecule has 1 aromatic heterocycles. The van der Waals surface area contributed by atoms with E-state index in [-0.39, 0.29) is 5.56 Å². The van der Waals surface area contributed by atoms with Crippen molar-refractivity contribution in [2.75, 3.05) is 0 Å². The number of hydrogen-bond donors (Lipinski definition) is 1. The van der Waals surface area contributed by atoms with E-state index >= 15 is 0 Å². The Morgan fingerprint density at radius 3 is 2.55 bits per heavy atom. The normalized spacial score (nSPS) is 33.1. The molecule has 1 N–H and O–H groups in total. The van der Waals surface area contributed by atoms with Gasteiger partial charge in [-0.15, -0.1) is 0 Å². The van der Waals surface area contributed by atoms with Crippen LogP contribution in [0.15, 0.2) is 9.27 Å². The lowest BCUT2D eigenvalue weighted by atomic mass is 9.88. The minimum Gasteiger partial charge on any atom is -0.309 e. The molecule has 3 aliphatic rings. The number of hydrogen-bond acceptors (Lipinski definition) is 2. The fourth-order valence-corrected chi connectivity index (χ4v) is 5.23. The summed E-state index contributed by atoms with van der Waals surface area (Å²) < 4.78 is 0.677. The fourth-order valence-electron chi connectivity index (χ4n) is 4.72. The van der Waals surface area contributed by atoms with Crippen LogP contribution >= 0.6 is 15.9 Å². The Morgan fingerprint density at radius 1 is 1.10 bits per heavy atom. The predicted octanol–water partition coefficient (Wildman–Crippen LogP) is 4.09. The number of rotatable bonds is 2. The second-order valence-corrected chi connectivity index (χ2v) is 7.71. The van der Waals surface area contributed by atoms with Crippen LogP contribution in [0.1, 0.15) is 74.7 Å². The monoisotopic (exact) mass is 336 g/mol. The van der Waals surface area contributed by atoms with Crippen molar-refractivity contribution < 1.29 is 0 Å². The van der Waals surface area contributed by atoms with E-state index in [0.29, 0.717) is 16.3 Å². The molecule has 3 unspecified atom stereocenters. The first-order valence-electron chi connectivity index (χ1n) is 8.02. The first-order valence-corrected chi connectivity index (χ1v) is 8.81. The molecule has 2 bridgehead atoms. The van der Waals surface area contributed by atoms with Gasteiger partial charge in [0.2, 0.25) is 0 Å². The van der Waals surface area contributed by atoms with E-state index in [2.05, 4.69) is 20.9 Å². The van der Waals surface area contributed by atoms with Gasteiger partial charge in [0, 0.05) is 11.8 Å². The zero-order valence-corrected chi connectivity index (χ0v) is 13.3. The number of aromatic amines is 1. The second-order valence-electron chi connectivity index (χ2n) is 6.91. The van der Waals surface area contributed by atoms with Crippen LogP contribution in [0, 0.1) is 11.8 Å². The van der Waals surface area contributed by atoms with Crippen LogP contribution in [0.5, 0.6) is 0 Å². The SMILES string of the molecule is O=c1[nH]c(C2CC3CCC2C3)nc(C2CCCC2)c1Br. The highest BCUT2D eigenvalue weighted by Crippen LogP contribution is 2.52. The highest BCUT2D eigenvalue weighted by molar-refractivity contribution is 9.10. The Kier molecular flexibility index (Phi) is 3.24. The summed E-state index contributed by atoms with van der Waals surface area (Å²) in [5.74, 6) is 3.63. The molecule has 0 amide bonds. The van der Waals surface area contributed by atoms with E-state index < -0.39 is 0 Å². The minimum atomic E-state index is 0.0275. The van der Waals surface area contributed by atoms with Crippen LogP contribution < -0.4 is 5.56 Å². The topological polar surface area (TPSA) is 45.8 Å². The number of aromatic nitrogens is 2. The van der Waals surface area contributed by atoms with Crippen molar-refractivity contribution in [2.45, 2.75) is 63.2 Å². The summed E-state index contributed by atoms with van der Waals surface area (Å²) in [5, 5.41) is 0. The molecule has 20 heavy (non-hydrogen) atoms. The molecule has 0 aliphatic heterocycles. The maximum atomic E-state index is 12.2. The molecule has 0 saturated heterocycles. The van der Waals surface area contributed by atoms with Gasteiger partial charge in [-0.25, -0.2) is 4.98 Å². The van der Waals surface area contributed by atoms with Gasteiger partial charge >= 0.3 is 0 Å². The van der Waals surface area contributed by atoms with Gasteiger partial charge in [-0.3, -0.25) is 4.79 Å². The summed E-state index contributed by atoms with van der Waals surface area (Å²) in [4.78, 5) is 20.2. The Morgan fingerprint density at radius 2 is 1.90 bits per heavy atom. The molecule has 1 heterocycles. The third-order valence-electron chi connectivity index (χ3n) is 5.74. The summed E-state index contributed by atoms with van der Waals surface area (Å²) in [6, 6.07) is 0. The standard InChI is InChI=1S/C16H21BrN2O/c17-13-14(10-3-1-2-4-10)18-15(19-16(13)20)12-8-9-5-6-11(12)7-9/h9-12H,1-8H2,(H,18,19,20). The summed E-state index contributed by atoms with van der Waals surface area (Å²) >= 11 is 3.47. The van der Waals surface area contributed by atoms with Gasteiger partial charge in [0.1, 0.15) is 10.3 Å². The van der Waals surface area contributed by atoms with Crippen molar-refractivity contribution in [3.8, 4) is 0 Å². The summed E-state index contributed by atoms with van der Waals surface area (Å²) in [5.41, 5.74) is 1.06. The third kappa shape index (κ3) is 2.07. The lowest BCUT2D eigenvalue weighted by molar-refractivity contribution is 0.402. The van der Waals surface area contributed by atoms with Crippen molar-refractivity contribution in [1.82, 2.24) is 9.97 Å². The zero-order chi connectivity index (χ0) is 13.7. The van der Waals surface area contributed by atoms with E-state index in [1.54, 1.807) is 0 Å². The van der Waals surface area contributed by atoms with Crippen LogP contribution in [-0.2, 0) is 0 Å². The van der Waals surface area contributed by atoms with E-state index in [0.717, 1.165) is 23.4 Å². The molecule has 3 aliphatic carbocycles. The summed E-state index contributed by atoms with van der Waals surface area (Å²) in [6.07, 6.45) is 10.2. The molecule has 4 rings (SSSR count). The summed E-state index contributed by atoms with van der Waals surface area (Å²) in [7, 11) is 0. The zero-order valence-electron chi connectivity index (χ0n) is 11.7. The van der Waals surface area contributed by atoms with Crippen molar-refractivity contribution in [3.63, 3.8) is 0 Å². The van der Waals surface area contributed by atoms with Crippen LogP contribution in [0.2, 0.25) is 0 Å². The van der Waals surface area contributed by atoms with Gasteiger partial charge in [-0.05, 0) is 59.9 Å². The highest BCUT2D eigenvalue weighted by atomic mass is 79.9. The molecule has 4 heteroatoms. The molecule has 0 spiro atoms. The van der Waals surface area contributed by atoms with Crippen LogP contribution in [0.3, 0.4) is 0 Å². The van der Waals surface area contributed by atoms with Gasteiger partial charge in [0.05, 0.1) is 5.69 Å². The first kappa shape index (κ1) is 13.1. The average molecular weight is 337 g/mol. The molecule has 1 aromatic rings. The Hall–Kier alpha value is -0.640. The van der Waals surface area contributed by atoms with Crippen molar-refractivity contribution in [3.05, 3.63) is 26.3 Å². The van der Waals surface area contributed by atoms with Gasteiger partial charge in [-0.1, -0.05) is 19.3 Å². The van der Waals surface area contributed by atoms with Crippen molar-refractivity contribution in [2.24, 2.45) is 11.8 Å². The number of fused-ring (bicyclic) bond motifs is 2. The molecule has 108 valence electrons. The van der Waals surface area contributed by atoms with Crippen LogP contribution in [-0.4, -0.2) is 9.97 Å². The van der Waals surface area contributed by atoms with E-state index in [4.69, 9.17) is 4.98 Å². The quantitative estimate of drug-likeness (QED) is 0.883. The van der Waals surface area contributed by atoms with Crippen molar-refractivity contribution >= 4 is 15.9 Å². The number of nitrogens with zero attached hydrogens (tertiary/aromatic N) is 1. The van der Waals surface area contributed by atoms with E-state index in [1.165, 1.54) is 51.4 Å². The van der Waals surface area contributed by atoms with Crippen molar-refractivity contribution in [1.29, 1.82) is 0 Å². The fraction of sp³-hybridized carbons (Fsp3) is 0.750. The highest BCUT2D eigenvalue weighted by Gasteiger charge is 2.41. The minimum absolute atomic E-state index is 0.0275. The molecule has 0 aromatic carbocycles. The van der Waals surface area contributed by atoms with Crippen LogP contribution in [0.25, 0.3) is 0 Å². The van der Waals surface area contributed by atoms with E-state index in [9.17, 15) is 4.79 Å². The number of H-pyrrole nitrogens is 1. The maximum Gasteiger partial charge on any atom is 0.265 e. The number of halogens is 1. The van der Waals surface area contributed by atoms with Gasteiger partial charge < -0.3 is 4.98 Å². The molecule has 0 radical (unpaired) electrons. The lowest BCUT2D eigenvalue weighted by Crippen LogP contribution is -2.21. The third-order valence-corrected chi connectivity index (χ3v) is 6.50. The maximum absolute atomic E-state index is 12.2. The first-order chi connectivity index (χ1) is 9.72. The number of nitrogens with one attached hydrogen (secondary N) is 1. The largest absolute Gasteiger partial charge is 0.309 e. The Labute approximate surface area is 127 Å². The molecule has 3 nitrogen and oxygen atoms in total. The molecular formula is C16H21BrN2O. The van der Waals surface area contributed by atoms with Crippen LogP contribution in [0.4, 0.5) is 0 Å². The Balaban J connectivity index is 1.71. The van der Waals surface area contributed by atoms with Gasteiger partial charge in [0.15, 0.2) is 0 Å². The smallest absolute Gasteiger partial charge is 0.265 e. The van der Waals surface area contributed by atoms with Gasteiger partial charge in [0.25, 0.3) is 5.56 Å².